The fourth-order valence-electron chi connectivity index (χ4n) is 3.06. The number of hydrogen-bond acceptors (Lipinski definition) is 8. The summed E-state index contributed by atoms with van der Waals surface area (Å²) in [6.07, 6.45) is -3.69. The highest BCUT2D eigenvalue weighted by atomic mass is 32.1. The number of fused-ring (bicyclic) bond motifs is 2. The zero-order valence-corrected chi connectivity index (χ0v) is 15.8. The zero-order valence-electron chi connectivity index (χ0n) is 15.0. The first-order valence-corrected chi connectivity index (χ1v) is 9.24. The Hall–Kier alpha value is -2.99. The van der Waals surface area contributed by atoms with Gasteiger partial charge in [-0.15, -0.1) is 5.06 Å². The van der Waals surface area contributed by atoms with Crippen molar-refractivity contribution in [1.82, 2.24) is 20.0 Å². The lowest BCUT2D eigenvalue weighted by molar-refractivity contribution is -0.141. The van der Waals surface area contributed by atoms with E-state index in [0.29, 0.717) is 22.3 Å². The number of alkyl halides is 3. The van der Waals surface area contributed by atoms with E-state index >= 15 is 0 Å². The summed E-state index contributed by atoms with van der Waals surface area (Å²) in [5.74, 6) is 0.264. The molecular weight excluding hydrogens is 411 g/mol. The number of hydroxylamine groups is 2. The van der Waals surface area contributed by atoms with Crippen LogP contribution in [-0.2, 0) is 24.0 Å². The SMILES string of the molecule is COc1ncnc2sc(NC(=O)ON3CCc4cccc(C(F)(F)F)c4C3)nc12. The van der Waals surface area contributed by atoms with Crippen LogP contribution in [0.2, 0.25) is 0 Å². The molecule has 0 spiro atoms. The summed E-state index contributed by atoms with van der Waals surface area (Å²) >= 11 is 1.09. The molecule has 2 aromatic heterocycles. The number of anilines is 1. The molecule has 0 atom stereocenters. The molecule has 1 amide bonds. The lowest BCUT2D eigenvalue weighted by atomic mass is 9.95. The van der Waals surface area contributed by atoms with Gasteiger partial charge in [0.25, 0.3) is 0 Å². The van der Waals surface area contributed by atoms with Gasteiger partial charge in [0.2, 0.25) is 5.88 Å². The van der Waals surface area contributed by atoms with Crippen molar-refractivity contribution in [3.8, 4) is 5.88 Å². The minimum Gasteiger partial charge on any atom is -0.479 e. The number of benzene rings is 1. The molecule has 1 aliphatic heterocycles. The molecular formula is C17H14F3N5O3S. The van der Waals surface area contributed by atoms with E-state index in [1.807, 2.05) is 0 Å². The van der Waals surface area contributed by atoms with Gasteiger partial charge < -0.3 is 9.57 Å². The van der Waals surface area contributed by atoms with E-state index in [1.165, 1.54) is 24.6 Å². The number of thiazole rings is 1. The Morgan fingerprint density at radius 1 is 1.31 bits per heavy atom. The van der Waals surface area contributed by atoms with Crippen molar-refractivity contribution >= 4 is 32.9 Å². The Kier molecular flexibility index (Phi) is 4.96. The number of halogens is 3. The average molecular weight is 425 g/mol. The normalized spacial score (nSPS) is 14.5. The molecule has 0 aliphatic carbocycles. The molecule has 0 saturated heterocycles. The maximum Gasteiger partial charge on any atom is 0.432 e. The number of ether oxygens (including phenoxy) is 1. The monoisotopic (exact) mass is 425 g/mol. The Morgan fingerprint density at radius 2 is 2.14 bits per heavy atom. The van der Waals surface area contributed by atoms with Crippen molar-refractivity contribution < 1.29 is 27.5 Å². The molecule has 0 saturated carbocycles. The second-order valence-electron chi connectivity index (χ2n) is 6.11. The molecule has 0 radical (unpaired) electrons. The van der Waals surface area contributed by atoms with Crippen LogP contribution < -0.4 is 10.1 Å². The molecule has 4 rings (SSSR count). The third-order valence-electron chi connectivity index (χ3n) is 4.32. The number of nitrogens with zero attached hydrogens (tertiary/aromatic N) is 4. The van der Waals surface area contributed by atoms with E-state index in [2.05, 4.69) is 20.3 Å². The summed E-state index contributed by atoms with van der Waals surface area (Å²) in [6.45, 7) is 0.123. The van der Waals surface area contributed by atoms with Crippen LogP contribution in [-0.4, -0.2) is 39.8 Å². The van der Waals surface area contributed by atoms with E-state index in [1.54, 1.807) is 6.07 Å². The number of methoxy groups -OCH3 is 1. The first-order valence-electron chi connectivity index (χ1n) is 8.42. The highest BCUT2D eigenvalue weighted by Crippen LogP contribution is 2.35. The highest BCUT2D eigenvalue weighted by Gasteiger charge is 2.36. The maximum atomic E-state index is 13.2. The van der Waals surface area contributed by atoms with Crippen LogP contribution in [0.4, 0.5) is 23.1 Å². The molecule has 29 heavy (non-hydrogen) atoms. The van der Waals surface area contributed by atoms with Crippen molar-refractivity contribution in [2.75, 3.05) is 19.0 Å². The second kappa shape index (κ2) is 7.44. The van der Waals surface area contributed by atoms with Crippen LogP contribution in [0.25, 0.3) is 10.3 Å². The standard InChI is InChI=1S/C17H14F3N5O3S/c1-27-13-12-14(22-8-21-13)29-15(23-12)24-16(26)28-25-6-5-9-3-2-4-11(10(9)7-25)17(18,19)20/h2-4,8H,5-7H2,1H3,(H,23,24,26). The van der Waals surface area contributed by atoms with Gasteiger partial charge >= 0.3 is 12.3 Å². The molecule has 3 aromatic rings. The summed E-state index contributed by atoms with van der Waals surface area (Å²) in [7, 11) is 1.44. The molecule has 0 unspecified atom stereocenters. The molecule has 1 N–H and O–H groups in total. The van der Waals surface area contributed by atoms with Gasteiger partial charge in [-0.1, -0.05) is 23.5 Å². The van der Waals surface area contributed by atoms with Gasteiger partial charge in [-0.3, -0.25) is 5.32 Å². The highest BCUT2D eigenvalue weighted by molar-refractivity contribution is 7.22. The largest absolute Gasteiger partial charge is 0.479 e. The minimum absolute atomic E-state index is 0.110. The Labute approximate surface area is 166 Å². The van der Waals surface area contributed by atoms with E-state index < -0.39 is 17.8 Å². The van der Waals surface area contributed by atoms with Gasteiger partial charge in [-0.05, 0) is 23.6 Å². The molecule has 3 heterocycles. The summed E-state index contributed by atoms with van der Waals surface area (Å²) in [4.78, 5) is 30.1. The summed E-state index contributed by atoms with van der Waals surface area (Å²) in [5.41, 5.74) is 0.369. The number of amides is 1. The van der Waals surface area contributed by atoms with E-state index in [-0.39, 0.29) is 29.7 Å². The number of hydrogen-bond donors (Lipinski definition) is 1. The van der Waals surface area contributed by atoms with Crippen LogP contribution >= 0.6 is 11.3 Å². The quantitative estimate of drug-likeness (QED) is 0.685. The first kappa shape index (κ1) is 19.3. The van der Waals surface area contributed by atoms with E-state index in [9.17, 15) is 18.0 Å². The maximum absolute atomic E-state index is 13.2. The molecule has 12 heteroatoms. The van der Waals surface area contributed by atoms with Crippen molar-refractivity contribution in [3.05, 3.63) is 41.2 Å². The van der Waals surface area contributed by atoms with Crippen LogP contribution in [0.5, 0.6) is 5.88 Å². The topological polar surface area (TPSA) is 89.5 Å². The van der Waals surface area contributed by atoms with Crippen LogP contribution in [0.1, 0.15) is 16.7 Å². The first-order chi connectivity index (χ1) is 13.8. The van der Waals surface area contributed by atoms with Gasteiger partial charge in [0, 0.05) is 6.54 Å². The van der Waals surface area contributed by atoms with Crippen molar-refractivity contribution in [3.63, 3.8) is 0 Å². The number of carbonyl (C=O) groups excluding carboxylic acids is 1. The fraction of sp³-hybridized carbons (Fsp3) is 0.294. The minimum atomic E-state index is -4.47. The molecule has 0 bridgehead atoms. The molecule has 1 aliphatic rings. The molecule has 152 valence electrons. The third kappa shape index (κ3) is 3.93. The number of rotatable bonds is 3. The fourth-order valence-corrected chi connectivity index (χ4v) is 3.85. The third-order valence-corrected chi connectivity index (χ3v) is 5.20. The average Bonchev–Trinajstić information content (AvgIpc) is 3.08. The molecule has 8 nitrogen and oxygen atoms in total. The second-order valence-corrected chi connectivity index (χ2v) is 7.09. The Bertz CT molecular complexity index is 1070. The summed E-state index contributed by atoms with van der Waals surface area (Å²) in [5, 5.41) is 3.86. The van der Waals surface area contributed by atoms with Gasteiger partial charge in [-0.2, -0.15) is 18.2 Å². The van der Waals surface area contributed by atoms with Crippen LogP contribution in [0.15, 0.2) is 24.5 Å². The lowest BCUT2D eigenvalue weighted by Crippen LogP contribution is -2.35. The van der Waals surface area contributed by atoms with Crippen molar-refractivity contribution in [2.45, 2.75) is 19.1 Å². The number of aromatic nitrogens is 3. The number of carbonyl (C=O) groups is 1. The smallest absolute Gasteiger partial charge is 0.432 e. The van der Waals surface area contributed by atoms with Gasteiger partial charge in [0.05, 0.1) is 19.2 Å². The molecule has 1 aromatic carbocycles. The Balaban J connectivity index is 1.46. The van der Waals surface area contributed by atoms with E-state index in [4.69, 9.17) is 9.57 Å². The summed E-state index contributed by atoms with van der Waals surface area (Å²) in [6, 6.07) is 4.06. The zero-order chi connectivity index (χ0) is 20.6. The van der Waals surface area contributed by atoms with Gasteiger partial charge in [0.1, 0.15) is 6.33 Å². The lowest BCUT2D eigenvalue weighted by Gasteiger charge is -2.29. The number of nitrogens with one attached hydrogen (secondary N) is 1. The van der Waals surface area contributed by atoms with Gasteiger partial charge in [0.15, 0.2) is 15.5 Å². The van der Waals surface area contributed by atoms with Crippen LogP contribution in [0.3, 0.4) is 0 Å². The van der Waals surface area contributed by atoms with Gasteiger partial charge in [-0.25, -0.2) is 14.8 Å². The predicted molar refractivity (Wildman–Crippen MR) is 97.4 cm³/mol. The summed E-state index contributed by atoms with van der Waals surface area (Å²) < 4.78 is 44.8. The van der Waals surface area contributed by atoms with Crippen molar-refractivity contribution in [1.29, 1.82) is 0 Å². The Morgan fingerprint density at radius 3 is 2.90 bits per heavy atom. The van der Waals surface area contributed by atoms with Crippen molar-refractivity contribution in [2.24, 2.45) is 0 Å². The van der Waals surface area contributed by atoms with Crippen LogP contribution in [0, 0.1) is 0 Å². The molecule has 0 fully saturated rings. The predicted octanol–water partition coefficient (Wildman–Crippen LogP) is 3.64. The van der Waals surface area contributed by atoms with E-state index in [0.717, 1.165) is 17.4 Å².